The zero-order chi connectivity index (χ0) is 18.0. The van der Waals surface area contributed by atoms with Crippen molar-refractivity contribution < 1.29 is 19.5 Å². The second kappa shape index (κ2) is 7.25. The van der Waals surface area contributed by atoms with E-state index in [9.17, 15) is 14.4 Å². The van der Waals surface area contributed by atoms with E-state index in [2.05, 4.69) is 6.07 Å². The Balaban J connectivity index is 1.63. The number of carbonyl (C=O) groups is 3. The van der Waals surface area contributed by atoms with Crippen molar-refractivity contribution in [3.63, 3.8) is 0 Å². The molecule has 2 amide bonds. The van der Waals surface area contributed by atoms with Gasteiger partial charge in [-0.3, -0.25) is 14.4 Å². The van der Waals surface area contributed by atoms with Gasteiger partial charge in [-0.25, -0.2) is 0 Å². The Labute approximate surface area is 147 Å². The Kier molecular flexibility index (Phi) is 5.06. The van der Waals surface area contributed by atoms with E-state index < -0.39 is 5.97 Å². The van der Waals surface area contributed by atoms with Gasteiger partial charge in [0.25, 0.3) is 0 Å². The maximum Gasteiger partial charge on any atom is 0.323 e. The van der Waals surface area contributed by atoms with Crippen LogP contribution < -0.4 is 0 Å². The molecule has 0 spiro atoms. The minimum absolute atomic E-state index is 0.0457. The van der Waals surface area contributed by atoms with Gasteiger partial charge in [-0.15, -0.1) is 0 Å². The van der Waals surface area contributed by atoms with Crippen molar-refractivity contribution in [3.8, 4) is 0 Å². The summed E-state index contributed by atoms with van der Waals surface area (Å²) in [5.74, 6) is -1.11. The number of carbonyl (C=O) groups excluding carboxylic acids is 2. The lowest BCUT2D eigenvalue weighted by molar-refractivity contribution is -0.145. The first-order valence-electron chi connectivity index (χ1n) is 8.83. The average molecular weight is 344 g/mol. The smallest absolute Gasteiger partial charge is 0.323 e. The minimum Gasteiger partial charge on any atom is -0.480 e. The van der Waals surface area contributed by atoms with E-state index in [0.717, 1.165) is 24.8 Å². The number of amides is 2. The van der Waals surface area contributed by atoms with E-state index >= 15 is 0 Å². The monoisotopic (exact) mass is 344 g/mol. The van der Waals surface area contributed by atoms with Gasteiger partial charge in [-0.2, -0.15) is 0 Å². The fourth-order valence-corrected chi connectivity index (χ4v) is 3.95. The molecule has 6 nitrogen and oxygen atoms in total. The zero-order valence-electron chi connectivity index (χ0n) is 14.5. The number of carboxylic acids is 1. The van der Waals surface area contributed by atoms with E-state index in [1.807, 2.05) is 23.1 Å². The van der Waals surface area contributed by atoms with Gasteiger partial charge in [-0.1, -0.05) is 24.3 Å². The predicted octanol–water partition coefficient (Wildman–Crippen LogP) is 1.64. The Hall–Kier alpha value is -2.37. The highest BCUT2D eigenvalue weighted by Gasteiger charge is 2.36. The van der Waals surface area contributed by atoms with E-state index in [1.165, 1.54) is 17.4 Å². The molecular formula is C19H24N2O4. The van der Waals surface area contributed by atoms with Crippen LogP contribution in [0, 0.1) is 0 Å². The molecule has 25 heavy (non-hydrogen) atoms. The number of hydrogen-bond donors (Lipinski definition) is 1. The molecule has 1 N–H and O–H groups in total. The highest BCUT2D eigenvalue weighted by Crippen LogP contribution is 2.36. The lowest BCUT2D eigenvalue weighted by Gasteiger charge is -2.34. The predicted molar refractivity (Wildman–Crippen MR) is 92.1 cm³/mol. The Morgan fingerprint density at radius 2 is 1.96 bits per heavy atom. The van der Waals surface area contributed by atoms with Crippen LogP contribution in [0.1, 0.15) is 43.2 Å². The van der Waals surface area contributed by atoms with Crippen LogP contribution >= 0.6 is 0 Å². The highest BCUT2D eigenvalue weighted by molar-refractivity contribution is 5.87. The second-order valence-electron chi connectivity index (χ2n) is 6.91. The number of likely N-dealkylation sites (tertiary alicyclic amines) is 1. The molecule has 134 valence electrons. The summed E-state index contributed by atoms with van der Waals surface area (Å²) in [7, 11) is 0. The summed E-state index contributed by atoms with van der Waals surface area (Å²) in [5, 5.41) is 9.02. The second-order valence-corrected chi connectivity index (χ2v) is 6.91. The van der Waals surface area contributed by atoms with Crippen LogP contribution in [0.3, 0.4) is 0 Å². The van der Waals surface area contributed by atoms with Crippen molar-refractivity contribution in [2.45, 2.75) is 44.6 Å². The third-order valence-corrected chi connectivity index (χ3v) is 5.31. The van der Waals surface area contributed by atoms with Crippen LogP contribution in [0.25, 0.3) is 0 Å². The first-order valence-corrected chi connectivity index (χ1v) is 8.83. The van der Waals surface area contributed by atoms with E-state index in [4.69, 9.17) is 5.11 Å². The molecule has 0 radical (unpaired) electrons. The molecule has 2 unspecified atom stereocenters. The molecule has 1 aliphatic carbocycles. The summed E-state index contributed by atoms with van der Waals surface area (Å²) < 4.78 is 0. The van der Waals surface area contributed by atoms with E-state index in [-0.39, 0.29) is 30.3 Å². The standard InChI is InChI=1S/C19H24N2O4/c1-13(22)21(12-18(23)24)15-6-4-9-20(10-8-15)19(25)17-11-14-5-2-3-7-16(14)17/h2-3,5,7,15,17H,4,6,8-12H2,1H3,(H,23,24). The molecule has 1 aromatic rings. The van der Waals surface area contributed by atoms with Gasteiger partial charge >= 0.3 is 5.97 Å². The fraction of sp³-hybridized carbons (Fsp3) is 0.526. The summed E-state index contributed by atoms with van der Waals surface area (Å²) in [5.41, 5.74) is 2.38. The van der Waals surface area contributed by atoms with Crippen LogP contribution in [-0.4, -0.2) is 58.4 Å². The normalized spacial score (nSPS) is 22.4. The Bertz CT molecular complexity index is 688. The number of nitrogens with zero attached hydrogens (tertiary/aromatic N) is 2. The van der Waals surface area contributed by atoms with Crippen molar-refractivity contribution in [2.24, 2.45) is 0 Å². The molecular weight excluding hydrogens is 320 g/mol. The van der Waals surface area contributed by atoms with Gasteiger partial charge in [0.05, 0.1) is 5.92 Å². The molecule has 3 rings (SSSR count). The molecule has 1 heterocycles. The lowest BCUT2D eigenvalue weighted by atomic mass is 9.77. The minimum atomic E-state index is -1.00. The summed E-state index contributed by atoms with van der Waals surface area (Å²) in [6, 6.07) is 7.93. The van der Waals surface area contributed by atoms with E-state index in [1.54, 1.807) is 0 Å². The van der Waals surface area contributed by atoms with Crippen molar-refractivity contribution in [1.29, 1.82) is 0 Å². The topological polar surface area (TPSA) is 77.9 Å². The van der Waals surface area contributed by atoms with Crippen LogP contribution in [0.5, 0.6) is 0 Å². The number of carboxylic acid groups (broad SMARTS) is 1. The Morgan fingerprint density at radius 1 is 1.20 bits per heavy atom. The number of fused-ring (bicyclic) bond motifs is 1. The van der Waals surface area contributed by atoms with Gasteiger partial charge in [0.2, 0.25) is 11.8 Å². The van der Waals surface area contributed by atoms with Gasteiger partial charge in [0.1, 0.15) is 6.54 Å². The van der Waals surface area contributed by atoms with Crippen molar-refractivity contribution in [3.05, 3.63) is 35.4 Å². The van der Waals surface area contributed by atoms with Crippen molar-refractivity contribution >= 4 is 17.8 Å². The summed E-state index contributed by atoms with van der Waals surface area (Å²) in [4.78, 5) is 38.9. The summed E-state index contributed by atoms with van der Waals surface area (Å²) >= 11 is 0. The maximum absolute atomic E-state index is 12.8. The molecule has 6 heteroatoms. The van der Waals surface area contributed by atoms with Gasteiger partial charge in [0, 0.05) is 26.1 Å². The summed E-state index contributed by atoms with van der Waals surface area (Å²) in [6.07, 6.45) is 2.95. The first kappa shape index (κ1) is 17.5. The quantitative estimate of drug-likeness (QED) is 0.901. The molecule has 1 aromatic carbocycles. The number of benzene rings is 1. The van der Waals surface area contributed by atoms with E-state index in [0.29, 0.717) is 19.5 Å². The fourth-order valence-electron chi connectivity index (χ4n) is 3.95. The Morgan fingerprint density at radius 3 is 2.64 bits per heavy atom. The number of aliphatic carboxylic acids is 1. The van der Waals surface area contributed by atoms with Gasteiger partial charge < -0.3 is 14.9 Å². The zero-order valence-corrected chi connectivity index (χ0v) is 14.5. The van der Waals surface area contributed by atoms with Crippen molar-refractivity contribution in [2.75, 3.05) is 19.6 Å². The molecule has 1 saturated heterocycles. The van der Waals surface area contributed by atoms with Gasteiger partial charge in [0.15, 0.2) is 0 Å². The largest absolute Gasteiger partial charge is 0.480 e. The summed E-state index contributed by atoms with van der Waals surface area (Å²) in [6.45, 7) is 2.38. The third kappa shape index (κ3) is 3.67. The van der Waals surface area contributed by atoms with Crippen molar-refractivity contribution in [1.82, 2.24) is 9.80 Å². The molecule has 2 aliphatic rings. The SMILES string of the molecule is CC(=O)N(CC(=O)O)C1CCCN(C(=O)C2Cc3ccccc32)CC1. The van der Waals surface area contributed by atoms with Crippen LogP contribution in [0.15, 0.2) is 24.3 Å². The number of rotatable bonds is 4. The average Bonchev–Trinajstić information content (AvgIpc) is 2.79. The molecule has 1 fully saturated rings. The number of hydrogen-bond acceptors (Lipinski definition) is 3. The van der Waals surface area contributed by atoms with Crippen LogP contribution in [0.2, 0.25) is 0 Å². The molecule has 0 aromatic heterocycles. The van der Waals surface area contributed by atoms with Crippen LogP contribution in [-0.2, 0) is 20.8 Å². The first-order chi connectivity index (χ1) is 12.0. The lowest BCUT2D eigenvalue weighted by Crippen LogP contribution is -2.43. The maximum atomic E-state index is 12.8. The third-order valence-electron chi connectivity index (χ3n) is 5.31. The molecule has 1 aliphatic heterocycles. The molecule has 0 saturated carbocycles. The molecule has 0 bridgehead atoms. The molecule has 2 atom stereocenters. The highest BCUT2D eigenvalue weighted by atomic mass is 16.4. The van der Waals surface area contributed by atoms with Crippen LogP contribution in [0.4, 0.5) is 0 Å². The van der Waals surface area contributed by atoms with Gasteiger partial charge in [-0.05, 0) is 36.8 Å².